The maximum atomic E-state index is 10.9. The van der Waals surface area contributed by atoms with Crippen LogP contribution in [-0.2, 0) is 6.54 Å². The standard InChI is InChI=1S/C23H16N2O3/c24-11-18-8-17-7-16(20-6-5-14(13-26)12-25-20)9-19(23(17)27-18)22-10-15-3-1-2-4-21(15)28-22/h1-10,12-13H,11,24H2. The Morgan fingerprint density at radius 1 is 0.964 bits per heavy atom. The van der Waals surface area contributed by atoms with Crippen LogP contribution in [0.1, 0.15) is 16.1 Å². The minimum absolute atomic E-state index is 0.315. The second kappa shape index (κ2) is 6.48. The summed E-state index contributed by atoms with van der Waals surface area (Å²) in [6, 6.07) is 19.4. The van der Waals surface area contributed by atoms with Gasteiger partial charge in [-0.25, -0.2) is 0 Å². The molecule has 2 N–H and O–H groups in total. The van der Waals surface area contributed by atoms with Crippen molar-refractivity contribution in [1.82, 2.24) is 4.98 Å². The highest BCUT2D eigenvalue weighted by Crippen LogP contribution is 2.37. The molecule has 0 aliphatic carbocycles. The number of aromatic nitrogens is 1. The Balaban J connectivity index is 1.75. The number of rotatable bonds is 4. The van der Waals surface area contributed by atoms with Crippen LogP contribution in [0.5, 0.6) is 0 Å². The largest absolute Gasteiger partial charge is 0.459 e. The normalized spacial score (nSPS) is 11.3. The van der Waals surface area contributed by atoms with Crippen LogP contribution in [0.4, 0.5) is 0 Å². The molecule has 0 saturated carbocycles. The summed E-state index contributed by atoms with van der Waals surface area (Å²) < 4.78 is 12.0. The van der Waals surface area contributed by atoms with Crippen LogP contribution in [0.3, 0.4) is 0 Å². The SMILES string of the molecule is NCc1cc2cc(-c3ccc(C=O)cn3)cc(-c3cc4ccccc4o3)c2o1. The van der Waals surface area contributed by atoms with E-state index in [0.29, 0.717) is 17.9 Å². The highest BCUT2D eigenvalue weighted by Gasteiger charge is 2.16. The van der Waals surface area contributed by atoms with Crippen LogP contribution in [0, 0.1) is 0 Å². The lowest BCUT2D eigenvalue weighted by Crippen LogP contribution is -1.92. The highest BCUT2D eigenvalue weighted by molar-refractivity contribution is 5.97. The second-order valence-electron chi connectivity index (χ2n) is 6.60. The van der Waals surface area contributed by atoms with E-state index in [1.165, 1.54) is 0 Å². The van der Waals surface area contributed by atoms with Gasteiger partial charge in [0.15, 0.2) is 6.29 Å². The summed E-state index contributed by atoms with van der Waals surface area (Å²) in [5.74, 6) is 1.42. The number of furan rings is 2. The van der Waals surface area contributed by atoms with E-state index >= 15 is 0 Å². The van der Waals surface area contributed by atoms with Crippen LogP contribution >= 0.6 is 0 Å². The molecule has 3 aromatic heterocycles. The van der Waals surface area contributed by atoms with Gasteiger partial charge in [-0.3, -0.25) is 9.78 Å². The fourth-order valence-corrected chi connectivity index (χ4v) is 3.40. The molecule has 0 aliphatic heterocycles. The summed E-state index contributed by atoms with van der Waals surface area (Å²) in [6.45, 7) is 0.315. The lowest BCUT2D eigenvalue weighted by atomic mass is 10.0. The fourth-order valence-electron chi connectivity index (χ4n) is 3.40. The molecule has 5 heteroatoms. The van der Waals surface area contributed by atoms with Gasteiger partial charge in [0.05, 0.1) is 17.8 Å². The number of hydrogen-bond donors (Lipinski definition) is 1. The van der Waals surface area contributed by atoms with Crippen molar-refractivity contribution < 1.29 is 13.6 Å². The van der Waals surface area contributed by atoms with Gasteiger partial charge in [0.1, 0.15) is 22.7 Å². The summed E-state index contributed by atoms with van der Waals surface area (Å²) >= 11 is 0. The number of aldehydes is 1. The number of nitrogens with zero attached hydrogens (tertiary/aromatic N) is 1. The second-order valence-corrected chi connectivity index (χ2v) is 6.60. The van der Waals surface area contributed by atoms with E-state index in [9.17, 15) is 4.79 Å². The molecule has 2 aromatic carbocycles. The fraction of sp³-hybridized carbons (Fsp3) is 0.0435. The van der Waals surface area contributed by atoms with Gasteiger partial charge in [-0.15, -0.1) is 0 Å². The van der Waals surface area contributed by atoms with Crippen LogP contribution in [-0.4, -0.2) is 11.3 Å². The molecule has 5 nitrogen and oxygen atoms in total. The summed E-state index contributed by atoms with van der Waals surface area (Å²) in [5.41, 5.74) is 10.4. The van der Waals surface area contributed by atoms with Crippen molar-refractivity contribution in [3.63, 3.8) is 0 Å². The Morgan fingerprint density at radius 3 is 2.61 bits per heavy atom. The molecule has 5 rings (SSSR count). The van der Waals surface area contributed by atoms with Gasteiger partial charge in [0, 0.05) is 28.1 Å². The third-order valence-corrected chi connectivity index (χ3v) is 4.78. The monoisotopic (exact) mass is 368 g/mol. The van der Waals surface area contributed by atoms with E-state index in [2.05, 4.69) is 4.98 Å². The number of benzene rings is 2. The molecular formula is C23H16N2O3. The third-order valence-electron chi connectivity index (χ3n) is 4.78. The van der Waals surface area contributed by atoms with Crippen LogP contribution in [0.2, 0.25) is 0 Å². The number of pyridine rings is 1. The first-order valence-corrected chi connectivity index (χ1v) is 8.92. The van der Waals surface area contributed by atoms with Crippen molar-refractivity contribution in [2.24, 2.45) is 5.73 Å². The zero-order chi connectivity index (χ0) is 19.1. The zero-order valence-electron chi connectivity index (χ0n) is 14.9. The van der Waals surface area contributed by atoms with Crippen molar-refractivity contribution in [2.75, 3.05) is 0 Å². The van der Waals surface area contributed by atoms with Crippen molar-refractivity contribution in [1.29, 1.82) is 0 Å². The predicted molar refractivity (Wildman–Crippen MR) is 108 cm³/mol. The van der Waals surface area contributed by atoms with Gasteiger partial charge in [-0.2, -0.15) is 0 Å². The van der Waals surface area contributed by atoms with E-state index in [-0.39, 0.29) is 0 Å². The minimum Gasteiger partial charge on any atom is -0.459 e. The maximum Gasteiger partial charge on any atom is 0.151 e. The van der Waals surface area contributed by atoms with Gasteiger partial charge >= 0.3 is 0 Å². The van der Waals surface area contributed by atoms with E-state index in [1.807, 2.05) is 54.6 Å². The first-order chi connectivity index (χ1) is 13.7. The molecule has 28 heavy (non-hydrogen) atoms. The molecule has 0 aliphatic rings. The van der Waals surface area contributed by atoms with E-state index in [4.69, 9.17) is 14.6 Å². The van der Waals surface area contributed by atoms with Gasteiger partial charge in [0.2, 0.25) is 0 Å². The first kappa shape index (κ1) is 16.5. The molecule has 136 valence electrons. The van der Waals surface area contributed by atoms with Gasteiger partial charge in [-0.05, 0) is 42.5 Å². The molecule has 5 aromatic rings. The summed E-state index contributed by atoms with van der Waals surface area (Å²) in [6.07, 6.45) is 2.34. The van der Waals surface area contributed by atoms with E-state index < -0.39 is 0 Å². The first-order valence-electron chi connectivity index (χ1n) is 8.92. The molecule has 0 unspecified atom stereocenters. The van der Waals surface area contributed by atoms with Crippen molar-refractivity contribution >= 4 is 28.2 Å². The van der Waals surface area contributed by atoms with Crippen molar-refractivity contribution in [3.8, 4) is 22.6 Å². The summed E-state index contributed by atoms with van der Waals surface area (Å²) in [4.78, 5) is 15.3. The zero-order valence-corrected chi connectivity index (χ0v) is 14.9. The average molecular weight is 368 g/mol. The smallest absolute Gasteiger partial charge is 0.151 e. The number of para-hydroxylation sites is 1. The molecule has 0 amide bonds. The predicted octanol–water partition coefficient (Wildman–Crippen LogP) is 5.18. The van der Waals surface area contributed by atoms with Gasteiger partial charge in [-0.1, -0.05) is 18.2 Å². The molecule has 0 radical (unpaired) electrons. The lowest BCUT2D eigenvalue weighted by Gasteiger charge is -2.05. The van der Waals surface area contributed by atoms with Crippen LogP contribution in [0.25, 0.3) is 44.5 Å². The van der Waals surface area contributed by atoms with E-state index in [1.54, 1.807) is 12.3 Å². The molecule has 0 saturated heterocycles. The Hall–Kier alpha value is -3.70. The number of hydrogen-bond acceptors (Lipinski definition) is 5. The molecule has 0 bridgehead atoms. The number of carbonyl (C=O) groups excluding carboxylic acids is 1. The molecule has 0 atom stereocenters. The third kappa shape index (κ3) is 2.69. The van der Waals surface area contributed by atoms with Crippen molar-refractivity contribution in [3.05, 3.63) is 78.2 Å². The Kier molecular flexibility index (Phi) is 3.81. The summed E-state index contributed by atoms with van der Waals surface area (Å²) in [5, 5.41) is 1.95. The minimum atomic E-state index is 0.315. The van der Waals surface area contributed by atoms with Crippen LogP contribution in [0.15, 0.2) is 75.7 Å². The number of fused-ring (bicyclic) bond motifs is 2. The lowest BCUT2D eigenvalue weighted by molar-refractivity contribution is 0.112. The van der Waals surface area contributed by atoms with Gasteiger partial charge in [0.25, 0.3) is 0 Å². The molecule has 3 heterocycles. The maximum absolute atomic E-state index is 10.9. The quantitative estimate of drug-likeness (QED) is 0.442. The average Bonchev–Trinajstić information content (AvgIpc) is 3.36. The highest BCUT2D eigenvalue weighted by atomic mass is 16.3. The van der Waals surface area contributed by atoms with E-state index in [0.717, 1.165) is 50.8 Å². The molecular weight excluding hydrogens is 352 g/mol. The Labute approximate surface area is 160 Å². The topological polar surface area (TPSA) is 82.3 Å². The van der Waals surface area contributed by atoms with Crippen LogP contribution < -0.4 is 5.73 Å². The summed E-state index contributed by atoms with van der Waals surface area (Å²) in [7, 11) is 0. The molecule has 0 spiro atoms. The van der Waals surface area contributed by atoms with Gasteiger partial charge < -0.3 is 14.6 Å². The number of nitrogens with two attached hydrogens (primary N) is 1. The Bertz CT molecular complexity index is 1280. The molecule has 0 fully saturated rings. The number of carbonyl (C=O) groups is 1. The van der Waals surface area contributed by atoms with Crippen molar-refractivity contribution in [2.45, 2.75) is 6.54 Å². The Morgan fingerprint density at radius 2 is 1.86 bits per heavy atom.